The number of carbonyl (C=O) groups is 2. The third-order valence-electron chi connectivity index (χ3n) is 6.68. The summed E-state index contributed by atoms with van der Waals surface area (Å²) in [7, 11) is 0. The fourth-order valence-corrected chi connectivity index (χ4v) is 4.72. The van der Waals surface area contributed by atoms with Crippen LogP contribution < -0.4 is 5.32 Å². The number of amides is 1. The number of fused-ring (bicyclic) bond motifs is 1. The number of hydrogen-bond acceptors (Lipinski definition) is 7. The number of aromatic nitrogens is 2. The van der Waals surface area contributed by atoms with Crippen molar-refractivity contribution >= 4 is 28.6 Å². The number of benzene rings is 3. The van der Waals surface area contributed by atoms with E-state index in [-0.39, 0.29) is 18.8 Å². The zero-order valence-corrected chi connectivity index (χ0v) is 21.8. The molecule has 9 heteroatoms. The molecule has 3 aromatic carbocycles. The first kappa shape index (κ1) is 26.6. The van der Waals surface area contributed by atoms with E-state index in [1.165, 1.54) is 13.8 Å². The molecule has 4 atom stereocenters. The van der Waals surface area contributed by atoms with Gasteiger partial charge in [0, 0.05) is 24.6 Å². The predicted octanol–water partition coefficient (Wildman–Crippen LogP) is 4.66. The minimum atomic E-state index is -0.922. The van der Waals surface area contributed by atoms with Crippen molar-refractivity contribution in [3.63, 3.8) is 0 Å². The van der Waals surface area contributed by atoms with E-state index in [9.17, 15) is 14.7 Å². The Balaban J connectivity index is 1.39. The fraction of sp³-hybridized carbons (Fsp3) is 0.300. The molecule has 2 heterocycles. The number of hydrogen-bond donors (Lipinski definition) is 2. The van der Waals surface area contributed by atoms with Gasteiger partial charge >= 0.3 is 5.97 Å². The monoisotopic (exact) mass is 529 g/mol. The molecule has 1 saturated heterocycles. The summed E-state index contributed by atoms with van der Waals surface area (Å²) in [4.78, 5) is 28.2. The Morgan fingerprint density at radius 1 is 1.08 bits per heavy atom. The number of para-hydroxylation sites is 2. The van der Waals surface area contributed by atoms with Crippen molar-refractivity contribution < 1.29 is 28.9 Å². The highest BCUT2D eigenvalue weighted by Gasteiger charge is 2.33. The zero-order chi connectivity index (χ0) is 27.4. The van der Waals surface area contributed by atoms with Crippen LogP contribution >= 0.6 is 0 Å². The lowest BCUT2D eigenvalue weighted by Gasteiger charge is -2.36. The molecule has 0 saturated carbocycles. The number of rotatable bonds is 8. The topological polar surface area (TPSA) is 112 Å². The Morgan fingerprint density at radius 3 is 2.64 bits per heavy atom. The lowest BCUT2D eigenvalue weighted by Crippen LogP contribution is -2.32. The Bertz CT molecular complexity index is 1450. The number of nitrogens with zero attached hydrogens (tertiary/aromatic N) is 2. The van der Waals surface area contributed by atoms with Crippen LogP contribution in [0, 0.1) is 0 Å². The van der Waals surface area contributed by atoms with Gasteiger partial charge < -0.3 is 29.2 Å². The molecule has 0 bridgehead atoms. The van der Waals surface area contributed by atoms with Crippen LogP contribution in [-0.4, -0.2) is 38.7 Å². The summed E-state index contributed by atoms with van der Waals surface area (Å²) in [5, 5.41) is 12.2. The number of anilines is 1. The van der Waals surface area contributed by atoms with E-state index in [0.29, 0.717) is 18.7 Å². The molecule has 39 heavy (non-hydrogen) atoms. The van der Waals surface area contributed by atoms with Crippen molar-refractivity contribution in [3.8, 4) is 0 Å². The molecule has 4 unspecified atom stereocenters. The molecule has 2 N–H and O–H groups in total. The van der Waals surface area contributed by atoms with E-state index >= 15 is 0 Å². The minimum Gasteiger partial charge on any atom is -0.453 e. The number of esters is 1. The van der Waals surface area contributed by atoms with Gasteiger partial charge in [0.1, 0.15) is 0 Å². The standard InChI is InChI=1S/C30H31N3O6/c1-19(37-20(2)35)29(36)32-24-7-5-6-23(14-24)30-38-25(16-33-18-31-26-8-3-4-9-27(26)33)15-28(39-30)22-12-10-21(17-34)11-13-22/h3-14,18-19,25,28,30,34H,15-17H2,1-2H3,(H,32,36). The molecule has 1 aromatic heterocycles. The lowest BCUT2D eigenvalue weighted by atomic mass is 10.00. The zero-order valence-electron chi connectivity index (χ0n) is 21.8. The number of carbonyl (C=O) groups excluding carboxylic acids is 2. The summed E-state index contributed by atoms with van der Waals surface area (Å²) in [6.45, 7) is 3.34. The normalized spacial score (nSPS) is 19.9. The SMILES string of the molecule is CC(=O)OC(C)C(=O)Nc1cccc(C2OC(Cn3cnc4ccccc43)CC(c3ccc(CO)cc3)O2)c1. The quantitative estimate of drug-likeness (QED) is 0.319. The summed E-state index contributed by atoms with van der Waals surface area (Å²) < 4.78 is 20.0. The summed E-state index contributed by atoms with van der Waals surface area (Å²) in [5.74, 6) is -0.954. The summed E-state index contributed by atoms with van der Waals surface area (Å²) >= 11 is 0. The van der Waals surface area contributed by atoms with Crippen molar-refractivity contribution in [2.75, 3.05) is 5.32 Å². The maximum absolute atomic E-state index is 12.5. The molecule has 5 rings (SSSR count). The van der Waals surface area contributed by atoms with Gasteiger partial charge in [0.05, 0.1) is 42.7 Å². The van der Waals surface area contributed by atoms with Crippen LogP contribution in [0.4, 0.5) is 5.69 Å². The smallest absolute Gasteiger partial charge is 0.303 e. The maximum Gasteiger partial charge on any atom is 0.303 e. The van der Waals surface area contributed by atoms with E-state index in [1.54, 1.807) is 12.1 Å². The third kappa shape index (κ3) is 6.34. The second-order valence-corrected chi connectivity index (χ2v) is 9.60. The van der Waals surface area contributed by atoms with Crippen molar-refractivity contribution in [2.24, 2.45) is 0 Å². The van der Waals surface area contributed by atoms with Crippen LogP contribution in [0.2, 0.25) is 0 Å². The molecule has 4 aromatic rings. The highest BCUT2D eigenvalue weighted by molar-refractivity contribution is 5.95. The Kier molecular flexibility index (Phi) is 8.02. The van der Waals surface area contributed by atoms with Crippen LogP contribution in [0.3, 0.4) is 0 Å². The van der Waals surface area contributed by atoms with Gasteiger partial charge in [-0.1, -0.05) is 48.5 Å². The van der Waals surface area contributed by atoms with Crippen LogP contribution in [0.25, 0.3) is 11.0 Å². The lowest BCUT2D eigenvalue weighted by molar-refractivity contribution is -0.252. The van der Waals surface area contributed by atoms with Gasteiger partial charge in [0.15, 0.2) is 12.4 Å². The minimum absolute atomic E-state index is 0.0253. The van der Waals surface area contributed by atoms with E-state index in [0.717, 1.165) is 27.7 Å². The van der Waals surface area contributed by atoms with Gasteiger partial charge in [-0.3, -0.25) is 9.59 Å². The van der Waals surface area contributed by atoms with E-state index < -0.39 is 24.3 Å². The average molecular weight is 530 g/mol. The van der Waals surface area contributed by atoms with Crippen molar-refractivity contribution in [1.82, 2.24) is 9.55 Å². The fourth-order valence-electron chi connectivity index (χ4n) is 4.72. The number of aliphatic hydroxyl groups is 1. The first-order valence-corrected chi connectivity index (χ1v) is 12.9. The molecule has 0 spiro atoms. The average Bonchev–Trinajstić information content (AvgIpc) is 3.35. The second-order valence-electron chi connectivity index (χ2n) is 9.60. The molecule has 0 aliphatic carbocycles. The molecule has 1 aliphatic heterocycles. The van der Waals surface area contributed by atoms with Gasteiger partial charge in [0.2, 0.25) is 0 Å². The number of aliphatic hydroxyl groups excluding tert-OH is 1. The number of imidazole rings is 1. The van der Waals surface area contributed by atoms with E-state index in [2.05, 4.69) is 14.9 Å². The highest BCUT2D eigenvalue weighted by Crippen LogP contribution is 2.39. The third-order valence-corrected chi connectivity index (χ3v) is 6.68. The summed E-state index contributed by atoms with van der Waals surface area (Å²) in [6, 6.07) is 22.9. The summed E-state index contributed by atoms with van der Waals surface area (Å²) in [6.07, 6.45) is 0.393. The molecule has 9 nitrogen and oxygen atoms in total. The van der Waals surface area contributed by atoms with Gasteiger partial charge in [0.25, 0.3) is 5.91 Å². The van der Waals surface area contributed by atoms with Crippen LogP contribution in [0.1, 0.15) is 49.4 Å². The molecular formula is C30H31N3O6. The number of nitrogens with one attached hydrogen (secondary N) is 1. The first-order valence-electron chi connectivity index (χ1n) is 12.9. The Labute approximate surface area is 226 Å². The second kappa shape index (κ2) is 11.8. The number of ether oxygens (including phenoxy) is 3. The van der Waals surface area contributed by atoms with Gasteiger partial charge in [-0.15, -0.1) is 0 Å². The molecule has 1 aliphatic rings. The van der Waals surface area contributed by atoms with E-state index in [1.807, 2.05) is 67.0 Å². The molecule has 0 radical (unpaired) electrons. The van der Waals surface area contributed by atoms with Crippen LogP contribution in [-0.2, 0) is 37.0 Å². The maximum atomic E-state index is 12.5. The Morgan fingerprint density at radius 2 is 1.87 bits per heavy atom. The van der Waals surface area contributed by atoms with Gasteiger partial charge in [-0.05, 0) is 42.3 Å². The molecule has 1 amide bonds. The van der Waals surface area contributed by atoms with E-state index in [4.69, 9.17) is 14.2 Å². The molecule has 202 valence electrons. The van der Waals surface area contributed by atoms with Crippen LogP contribution in [0.5, 0.6) is 0 Å². The molecule has 1 fully saturated rings. The predicted molar refractivity (Wildman–Crippen MR) is 144 cm³/mol. The molecular weight excluding hydrogens is 498 g/mol. The van der Waals surface area contributed by atoms with Crippen molar-refractivity contribution in [2.45, 2.75) is 58.0 Å². The van der Waals surface area contributed by atoms with Gasteiger partial charge in [-0.25, -0.2) is 4.98 Å². The Hall–Kier alpha value is -4.05. The van der Waals surface area contributed by atoms with Gasteiger partial charge in [-0.2, -0.15) is 0 Å². The van der Waals surface area contributed by atoms with Crippen molar-refractivity contribution in [1.29, 1.82) is 0 Å². The van der Waals surface area contributed by atoms with Crippen LogP contribution in [0.15, 0.2) is 79.1 Å². The summed E-state index contributed by atoms with van der Waals surface area (Å²) in [5.41, 5.74) is 5.04. The highest BCUT2D eigenvalue weighted by atomic mass is 16.7. The van der Waals surface area contributed by atoms with Crippen molar-refractivity contribution in [3.05, 3.63) is 95.8 Å². The largest absolute Gasteiger partial charge is 0.453 e. The first-order chi connectivity index (χ1) is 18.9.